The number of carbonyl (C=O) groups is 2. The molecular formula is C26H39NO5. The van der Waals surface area contributed by atoms with Crippen molar-refractivity contribution in [2.75, 3.05) is 14.2 Å². The van der Waals surface area contributed by atoms with Crippen molar-refractivity contribution >= 4 is 12.1 Å². The van der Waals surface area contributed by atoms with E-state index in [1.165, 1.54) is 12.7 Å². The molecule has 0 saturated carbocycles. The Morgan fingerprint density at radius 2 is 1.72 bits per heavy atom. The van der Waals surface area contributed by atoms with E-state index in [0.29, 0.717) is 0 Å². The molecule has 1 aromatic carbocycles. The highest BCUT2D eigenvalue weighted by Crippen LogP contribution is 2.18. The van der Waals surface area contributed by atoms with Gasteiger partial charge in [0.25, 0.3) is 0 Å². The van der Waals surface area contributed by atoms with Crippen LogP contribution in [0.3, 0.4) is 0 Å². The van der Waals surface area contributed by atoms with Crippen LogP contribution in [0.5, 0.6) is 0 Å². The first-order valence-electron chi connectivity index (χ1n) is 11.0. The van der Waals surface area contributed by atoms with Crippen molar-refractivity contribution in [3.05, 3.63) is 59.7 Å². The van der Waals surface area contributed by atoms with Gasteiger partial charge in [-0.2, -0.15) is 0 Å². The molecule has 32 heavy (non-hydrogen) atoms. The highest BCUT2D eigenvalue weighted by molar-refractivity contribution is 5.75. The maximum absolute atomic E-state index is 12.3. The maximum atomic E-state index is 12.3. The molecule has 0 saturated heterocycles. The second kappa shape index (κ2) is 13.1. The highest BCUT2D eigenvalue weighted by Gasteiger charge is 2.26. The molecule has 1 rings (SSSR count). The van der Waals surface area contributed by atoms with Gasteiger partial charge in [0.05, 0.1) is 25.2 Å². The van der Waals surface area contributed by atoms with Gasteiger partial charge in [0.2, 0.25) is 0 Å². The fourth-order valence-electron chi connectivity index (χ4n) is 3.28. The number of hydrogen-bond donors (Lipinski definition) is 1. The smallest absolute Gasteiger partial charge is 0.408 e. The summed E-state index contributed by atoms with van der Waals surface area (Å²) in [5.41, 5.74) is 1.59. The Labute approximate surface area is 193 Å². The zero-order valence-corrected chi connectivity index (χ0v) is 20.7. The lowest BCUT2D eigenvalue weighted by Crippen LogP contribution is -2.43. The molecule has 0 fully saturated rings. The standard InChI is InChI=1S/C26H39NO5/c1-18(16-19(2)23(30-7)17-21-12-10-9-11-13-21)14-15-22(20(3)24(28)31-8)27-25(29)32-26(4,5)6/h9-16,19-20,22-23H,17H2,1-8H3,(H,27,29)/b15-14+,18-16+/t19-,20-,22?,23-/m0/s1. The Morgan fingerprint density at radius 1 is 1.09 bits per heavy atom. The summed E-state index contributed by atoms with van der Waals surface area (Å²) < 4.78 is 15.9. The largest absolute Gasteiger partial charge is 0.469 e. The summed E-state index contributed by atoms with van der Waals surface area (Å²) in [7, 11) is 3.06. The molecule has 0 heterocycles. The summed E-state index contributed by atoms with van der Waals surface area (Å²) in [6, 6.07) is 9.67. The fourth-order valence-corrected chi connectivity index (χ4v) is 3.28. The van der Waals surface area contributed by atoms with Crippen molar-refractivity contribution in [2.45, 2.75) is 65.7 Å². The number of hydrogen-bond acceptors (Lipinski definition) is 5. The van der Waals surface area contributed by atoms with E-state index in [1.54, 1.807) is 40.9 Å². The third kappa shape index (κ3) is 10.1. The Bertz CT molecular complexity index is 779. The van der Waals surface area contributed by atoms with Gasteiger partial charge in [0, 0.05) is 13.0 Å². The van der Waals surface area contributed by atoms with Crippen molar-refractivity contribution in [2.24, 2.45) is 11.8 Å². The van der Waals surface area contributed by atoms with Gasteiger partial charge in [-0.25, -0.2) is 4.79 Å². The van der Waals surface area contributed by atoms with E-state index in [4.69, 9.17) is 14.2 Å². The summed E-state index contributed by atoms with van der Waals surface area (Å²) in [6.07, 6.45) is 6.08. The number of amides is 1. The van der Waals surface area contributed by atoms with Crippen LogP contribution in [0.1, 0.15) is 47.1 Å². The van der Waals surface area contributed by atoms with Gasteiger partial charge >= 0.3 is 12.1 Å². The lowest BCUT2D eigenvalue weighted by atomic mass is 9.95. The maximum Gasteiger partial charge on any atom is 0.408 e. The van der Waals surface area contributed by atoms with Crippen molar-refractivity contribution < 1.29 is 23.8 Å². The van der Waals surface area contributed by atoms with Crippen LogP contribution in [0.4, 0.5) is 4.79 Å². The minimum absolute atomic E-state index is 0.0328. The summed E-state index contributed by atoms with van der Waals surface area (Å²) in [5.74, 6) is -0.813. The predicted molar refractivity (Wildman–Crippen MR) is 127 cm³/mol. The van der Waals surface area contributed by atoms with E-state index < -0.39 is 29.6 Å². The number of esters is 1. The van der Waals surface area contributed by atoms with E-state index in [2.05, 4.69) is 30.4 Å². The minimum Gasteiger partial charge on any atom is -0.469 e. The Kier molecular flexibility index (Phi) is 11.2. The van der Waals surface area contributed by atoms with Gasteiger partial charge < -0.3 is 19.5 Å². The monoisotopic (exact) mass is 445 g/mol. The van der Waals surface area contributed by atoms with E-state index in [0.717, 1.165) is 12.0 Å². The Hall–Kier alpha value is -2.60. The molecule has 178 valence electrons. The van der Waals surface area contributed by atoms with E-state index in [-0.39, 0.29) is 12.0 Å². The Morgan fingerprint density at radius 3 is 2.25 bits per heavy atom. The lowest BCUT2D eigenvalue weighted by Gasteiger charge is -2.24. The number of methoxy groups -OCH3 is 2. The summed E-state index contributed by atoms with van der Waals surface area (Å²) in [6.45, 7) is 11.2. The fraction of sp³-hybridized carbons (Fsp3) is 0.538. The average Bonchev–Trinajstić information content (AvgIpc) is 2.73. The molecule has 4 atom stereocenters. The summed E-state index contributed by atoms with van der Waals surface area (Å²) >= 11 is 0. The first-order valence-corrected chi connectivity index (χ1v) is 11.0. The molecule has 0 bridgehead atoms. The topological polar surface area (TPSA) is 73.9 Å². The van der Waals surface area contributed by atoms with Crippen LogP contribution in [-0.4, -0.2) is 44.0 Å². The van der Waals surface area contributed by atoms with Gasteiger partial charge in [-0.1, -0.05) is 61.1 Å². The predicted octanol–water partition coefficient (Wildman–Crippen LogP) is 5.09. The minimum atomic E-state index is -0.633. The second-order valence-electron chi connectivity index (χ2n) is 9.08. The third-order valence-electron chi connectivity index (χ3n) is 5.06. The molecule has 0 radical (unpaired) electrons. The number of benzene rings is 1. The lowest BCUT2D eigenvalue weighted by molar-refractivity contribution is -0.145. The van der Waals surface area contributed by atoms with Crippen LogP contribution in [0.25, 0.3) is 0 Å². The van der Waals surface area contributed by atoms with Gasteiger partial charge in [0.15, 0.2) is 0 Å². The molecule has 1 N–H and O–H groups in total. The van der Waals surface area contributed by atoms with Crippen LogP contribution in [0, 0.1) is 11.8 Å². The molecule has 1 amide bonds. The summed E-state index contributed by atoms with van der Waals surface area (Å²) in [5, 5.41) is 2.76. The first-order chi connectivity index (χ1) is 15.0. The second-order valence-corrected chi connectivity index (χ2v) is 9.08. The summed E-state index contributed by atoms with van der Waals surface area (Å²) in [4.78, 5) is 24.3. The van der Waals surface area contributed by atoms with Crippen LogP contribution < -0.4 is 5.32 Å². The Balaban J connectivity index is 2.92. The molecule has 6 heteroatoms. The molecule has 0 aliphatic heterocycles. The molecule has 0 aliphatic rings. The average molecular weight is 446 g/mol. The van der Waals surface area contributed by atoms with Crippen LogP contribution in [-0.2, 0) is 25.4 Å². The zero-order chi connectivity index (χ0) is 24.3. The van der Waals surface area contributed by atoms with Gasteiger partial charge in [-0.05, 0) is 46.6 Å². The number of ether oxygens (including phenoxy) is 3. The number of rotatable bonds is 10. The SMILES string of the molecule is COC(=O)[C@@H](C)C(/C=C/C(C)=C/[C@H](C)[C@H](Cc1ccccc1)OC)NC(=O)OC(C)(C)C. The van der Waals surface area contributed by atoms with Crippen molar-refractivity contribution in [1.82, 2.24) is 5.32 Å². The van der Waals surface area contributed by atoms with Gasteiger partial charge in [-0.15, -0.1) is 0 Å². The molecule has 0 aliphatic carbocycles. The van der Waals surface area contributed by atoms with E-state index >= 15 is 0 Å². The number of allylic oxidation sites excluding steroid dienone is 2. The normalized spacial score (nSPS) is 16.2. The first kappa shape index (κ1) is 27.4. The molecule has 0 aromatic heterocycles. The molecular weight excluding hydrogens is 406 g/mol. The van der Waals surface area contributed by atoms with Crippen LogP contribution >= 0.6 is 0 Å². The molecule has 1 aromatic rings. The van der Waals surface area contributed by atoms with E-state index in [9.17, 15) is 9.59 Å². The quantitative estimate of drug-likeness (QED) is 0.401. The van der Waals surface area contributed by atoms with Crippen molar-refractivity contribution in [1.29, 1.82) is 0 Å². The van der Waals surface area contributed by atoms with E-state index in [1.807, 2.05) is 31.2 Å². The molecule has 6 nitrogen and oxygen atoms in total. The zero-order valence-electron chi connectivity index (χ0n) is 20.7. The van der Waals surface area contributed by atoms with Crippen LogP contribution in [0.2, 0.25) is 0 Å². The molecule has 1 unspecified atom stereocenters. The van der Waals surface area contributed by atoms with Crippen LogP contribution in [0.15, 0.2) is 54.1 Å². The third-order valence-corrected chi connectivity index (χ3v) is 5.06. The molecule has 0 spiro atoms. The van der Waals surface area contributed by atoms with Crippen molar-refractivity contribution in [3.8, 4) is 0 Å². The van der Waals surface area contributed by atoms with Gasteiger partial charge in [-0.3, -0.25) is 4.79 Å². The highest BCUT2D eigenvalue weighted by atomic mass is 16.6. The number of alkyl carbamates (subject to hydrolysis) is 1. The van der Waals surface area contributed by atoms with Crippen molar-refractivity contribution in [3.63, 3.8) is 0 Å². The van der Waals surface area contributed by atoms with Gasteiger partial charge in [0.1, 0.15) is 5.60 Å². The number of carbonyl (C=O) groups excluding carboxylic acids is 2. The number of nitrogens with one attached hydrogen (secondary N) is 1.